The summed E-state index contributed by atoms with van der Waals surface area (Å²) in [6, 6.07) is 0. The average molecular weight is 206 g/mol. The summed E-state index contributed by atoms with van der Waals surface area (Å²) < 4.78 is 4.34. The zero-order valence-corrected chi connectivity index (χ0v) is 6.99. The highest BCUT2D eigenvalue weighted by atomic mass is 16.6. The van der Waals surface area contributed by atoms with Gasteiger partial charge < -0.3 is 30.3 Å². The average Bonchev–Trinajstić information content (AvgIpc) is 2.43. The summed E-state index contributed by atoms with van der Waals surface area (Å²) in [6.07, 6.45) is -4.79. The van der Waals surface area contributed by atoms with Gasteiger partial charge in [0.25, 0.3) is 0 Å². The van der Waals surface area contributed by atoms with Crippen LogP contribution in [0, 0.1) is 0 Å². The molecule has 1 aliphatic heterocycles. The van der Waals surface area contributed by atoms with Crippen molar-refractivity contribution in [3.8, 4) is 0 Å². The van der Waals surface area contributed by atoms with Crippen molar-refractivity contribution in [1.29, 1.82) is 0 Å². The summed E-state index contributed by atoms with van der Waals surface area (Å²) >= 11 is 0. The minimum absolute atomic E-state index is 0.761. The van der Waals surface area contributed by atoms with Crippen molar-refractivity contribution < 1.29 is 35.1 Å². The summed E-state index contributed by atoms with van der Waals surface area (Å²) in [5.74, 6) is -3.04. The van der Waals surface area contributed by atoms with Gasteiger partial charge in [-0.3, -0.25) is 0 Å². The molecule has 0 bridgehead atoms. The van der Waals surface area contributed by atoms with E-state index in [9.17, 15) is 9.90 Å². The monoisotopic (exact) mass is 206 g/mol. The molecule has 0 unspecified atom stereocenters. The maximum Gasteiger partial charge on any atom is 0.377 e. The first kappa shape index (κ1) is 10.8. The Balaban J connectivity index is 2.78. The smallest absolute Gasteiger partial charge is 0.377 e. The Bertz CT molecular complexity index is 271. The maximum atomic E-state index is 10.7. The SMILES string of the molecule is O=C1O[C@H]([C@@H](O)[C@@H](O)CO)C(O)=C1O. The van der Waals surface area contributed by atoms with Crippen molar-refractivity contribution >= 4 is 5.97 Å². The van der Waals surface area contributed by atoms with E-state index in [2.05, 4.69) is 4.74 Å². The van der Waals surface area contributed by atoms with E-state index in [0.717, 1.165) is 0 Å². The Morgan fingerprint density at radius 3 is 2.29 bits per heavy atom. The van der Waals surface area contributed by atoms with Crippen molar-refractivity contribution in [3.63, 3.8) is 0 Å². The van der Waals surface area contributed by atoms with Gasteiger partial charge in [-0.25, -0.2) is 4.79 Å². The van der Waals surface area contributed by atoms with E-state index in [1.54, 1.807) is 0 Å². The molecule has 80 valence electrons. The Kier molecular flexibility index (Phi) is 2.94. The van der Waals surface area contributed by atoms with Crippen molar-refractivity contribution in [2.24, 2.45) is 0 Å². The molecule has 1 heterocycles. The van der Waals surface area contributed by atoms with E-state index in [1.807, 2.05) is 0 Å². The Labute approximate surface area is 78.5 Å². The summed E-state index contributed by atoms with van der Waals surface area (Å²) in [6.45, 7) is -0.761. The zero-order valence-electron chi connectivity index (χ0n) is 6.99. The standard InChI is InChI=1S/C7H10O7/c8-1-2(9)3(10)6-4(11)5(12)7(13)14-6/h2-3,6,8-12H,1H2/t2-,3-,6+/m0/s1. The Morgan fingerprint density at radius 1 is 1.36 bits per heavy atom. The van der Waals surface area contributed by atoms with Gasteiger partial charge in [0.05, 0.1) is 6.61 Å². The molecule has 0 aliphatic carbocycles. The number of carbonyl (C=O) groups excluding carboxylic acids is 1. The maximum absolute atomic E-state index is 10.7. The van der Waals surface area contributed by atoms with Gasteiger partial charge in [-0.2, -0.15) is 0 Å². The molecule has 7 heteroatoms. The van der Waals surface area contributed by atoms with E-state index < -0.39 is 42.4 Å². The van der Waals surface area contributed by atoms with Crippen LogP contribution in [0.3, 0.4) is 0 Å². The lowest BCUT2D eigenvalue weighted by Crippen LogP contribution is -2.40. The molecule has 0 saturated carbocycles. The number of aliphatic hydroxyl groups excluding tert-OH is 5. The first-order valence-corrected chi connectivity index (χ1v) is 3.79. The van der Waals surface area contributed by atoms with E-state index >= 15 is 0 Å². The lowest BCUT2D eigenvalue weighted by atomic mass is 10.1. The van der Waals surface area contributed by atoms with Crippen molar-refractivity contribution in [2.75, 3.05) is 6.61 Å². The van der Waals surface area contributed by atoms with Gasteiger partial charge in [0, 0.05) is 0 Å². The highest BCUT2D eigenvalue weighted by Crippen LogP contribution is 2.22. The number of cyclic esters (lactones) is 1. The van der Waals surface area contributed by atoms with Crippen LogP contribution >= 0.6 is 0 Å². The van der Waals surface area contributed by atoms with E-state index in [4.69, 9.17) is 20.4 Å². The van der Waals surface area contributed by atoms with Crippen LogP contribution in [0.25, 0.3) is 0 Å². The van der Waals surface area contributed by atoms with Gasteiger partial charge >= 0.3 is 5.97 Å². The van der Waals surface area contributed by atoms with Crippen molar-refractivity contribution in [2.45, 2.75) is 18.3 Å². The van der Waals surface area contributed by atoms with Gasteiger partial charge in [0.15, 0.2) is 11.9 Å². The molecule has 0 spiro atoms. The first-order chi connectivity index (χ1) is 6.49. The van der Waals surface area contributed by atoms with Gasteiger partial charge in [-0.1, -0.05) is 0 Å². The van der Waals surface area contributed by atoms with Crippen LogP contribution in [0.5, 0.6) is 0 Å². The van der Waals surface area contributed by atoms with Crippen molar-refractivity contribution in [1.82, 2.24) is 0 Å². The zero-order chi connectivity index (χ0) is 10.9. The summed E-state index contributed by atoms with van der Waals surface area (Å²) in [7, 11) is 0. The number of aliphatic hydroxyl groups is 5. The van der Waals surface area contributed by atoms with Crippen molar-refractivity contribution in [3.05, 3.63) is 11.5 Å². The minimum atomic E-state index is -1.69. The van der Waals surface area contributed by atoms with E-state index in [0.29, 0.717) is 0 Å². The third-order valence-electron chi connectivity index (χ3n) is 1.83. The van der Waals surface area contributed by atoms with Crippen LogP contribution in [-0.4, -0.2) is 56.4 Å². The van der Waals surface area contributed by atoms with E-state index in [-0.39, 0.29) is 0 Å². The normalized spacial score (nSPS) is 26.2. The van der Waals surface area contributed by atoms with Crippen LogP contribution in [0.1, 0.15) is 0 Å². The number of carbonyl (C=O) groups is 1. The molecule has 14 heavy (non-hydrogen) atoms. The van der Waals surface area contributed by atoms with Gasteiger partial charge in [0.1, 0.15) is 12.2 Å². The predicted octanol–water partition coefficient (Wildman–Crippen LogP) is -2.05. The minimum Gasteiger partial charge on any atom is -0.505 e. The summed E-state index contributed by atoms with van der Waals surface area (Å²) in [4.78, 5) is 10.7. The first-order valence-electron chi connectivity index (χ1n) is 3.79. The molecule has 7 nitrogen and oxygen atoms in total. The molecule has 5 N–H and O–H groups in total. The van der Waals surface area contributed by atoms with Crippen LogP contribution in [0.2, 0.25) is 0 Å². The van der Waals surface area contributed by atoms with Gasteiger partial charge in [0.2, 0.25) is 5.76 Å². The molecule has 1 rings (SSSR count). The van der Waals surface area contributed by atoms with Crippen LogP contribution < -0.4 is 0 Å². The Hall–Kier alpha value is -1.31. The Morgan fingerprint density at radius 2 is 1.93 bits per heavy atom. The number of hydrogen-bond acceptors (Lipinski definition) is 7. The quantitative estimate of drug-likeness (QED) is 0.336. The molecule has 0 radical (unpaired) electrons. The highest BCUT2D eigenvalue weighted by Gasteiger charge is 2.41. The fourth-order valence-corrected chi connectivity index (χ4v) is 1.01. The second-order valence-electron chi connectivity index (χ2n) is 2.80. The molecule has 1 aliphatic rings. The highest BCUT2D eigenvalue weighted by molar-refractivity contribution is 5.89. The second kappa shape index (κ2) is 3.82. The fourth-order valence-electron chi connectivity index (χ4n) is 1.01. The van der Waals surface area contributed by atoms with Gasteiger partial charge in [-0.15, -0.1) is 0 Å². The molecular formula is C7H10O7. The summed E-state index contributed by atoms with van der Waals surface area (Å²) in [5, 5.41) is 44.6. The molecule has 0 fully saturated rings. The molecule has 0 saturated heterocycles. The third-order valence-corrected chi connectivity index (χ3v) is 1.83. The van der Waals surface area contributed by atoms with Gasteiger partial charge in [-0.05, 0) is 0 Å². The summed E-state index contributed by atoms with van der Waals surface area (Å²) in [5.41, 5.74) is 0. The number of rotatable bonds is 3. The second-order valence-corrected chi connectivity index (χ2v) is 2.80. The topological polar surface area (TPSA) is 127 Å². The lowest BCUT2D eigenvalue weighted by Gasteiger charge is -2.20. The van der Waals surface area contributed by atoms with Crippen LogP contribution in [-0.2, 0) is 9.53 Å². The molecular weight excluding hydrogens is 196 g/mol. The largest absolute Gasteiger partial charge is 0.505 e. The fraction of sp³-hybridized carbons (Fsp3) is 0.571. The van der Waals surface area contributed by atoms with E-state index in [1.165, 1.54) is 0 Å². The molecule has 0 aromatic heterocycles. The third kappa shape index (κ3) is 1.65. The molecule has 0 amide bonds. The van der Waals surface area contributed by atoms with Crippen LogP contribution in [0.4, 0.5) is 0 Å². The molecule has 0 aromatic carbocycles. The molecule has 3 atom stereocenters. The number of esters is 1. The molecule has 0 aromatic rings. The number of ether oxygens (including phenoxy) is 1. The lowest BCUT2D eigenvalue weighted by molar-refractivity contribution is -0.151. The van der Waals surface area contributed by atoms with Crippen LogP contribution in [0.15, 0.2) is 11.5 Å². The number of hydrogen-bond donors (Lipinski definition) is 5. The predicted molar refractivity (Wildman–Crippen MR) is 41.3 cm³/mol.